The second-order valence-electron chi connectivity index (χ2n) is 8.18. The highest BCUT2D eigenvalue weighted by Gasteiger charge is 2.33. The second-order valence-corrected chi connectivity index (χ2v) is 11.0. The van der Waals surface area contributed by atoms with E-state index in [0.717, 1.165) is 10.4 Å². The summed E-state index contributed by atoms with van der Waals surface area (Å²) in [6.45, 7) is -0.576. The van der Waals surface area contributed by atoms with E-state index in [9.17, 15) is 22.0 Å². The lowest BCUT2D eigenvalue weighted by molar-refractivity contribution is -0.112. The first-order valence-electron chi connectivity index (χ1n) is 11.0. The number of hydrogen-bond acceptors (Lipinski definition) is 7. The minimum absolute atomic E-state index is 0.00529. The van der Waals surface area contributed by atoms with Crippen molar-refractivity contribution in [3.05, 3.63) is 100 Å². The number of carbonyl (C=O) groups is 1. The van der Waals surface area contributed by atoms with Crippen LogP contribution < -0.4 is 4.90 Å². The van der Waals surface area contributed by atoms with E-state index in [0.29, 0.717) is 33.6 Å². The lowest BCUT2D eigenvalue weighted by Gasteiger charge is -2.23. The lowest BCUT2D eigenvalue weighted by atomic mass is 10.1. The molecule has 0 N–H and O–H groups in total. The molecule has 1 amide bonds. The summed E-state index contributed by atoms with van der Waals surface area (Å²) in [5.74, 6) is -1.92. The Bertz CT molecular complexity index is 1610. The number of benzene rings is 2. The van der Waals surface area contributed by atoms with Gasteiger partial charge in [-0.3, -0.25) is 14.8 Å². The van der Waals surface area contributed by atoms with E-state index in [1.165, 1.54) is 53.0 Å². The minimum Gasteiger partial charge on any atom is -0.311 e. The molecule has 0 spiro atoms. The van der Waals surface area contributed by atoms with Crippen LogP contribution in [0.25, 0.3) is 11.6 Å². The number of likely N-dealkylation sites (N-methyl/N-ethyl adjacent to an activating group) is 1. The highest BCUT2D eigenvalue weighted by Crippen LogP contribution is 2.39. The van der Waals surface area contributed by atoms with Crippen molar-refractivity contribution in [3.8, 4) is 0 Å². The van der Waals surface area contributed by atoms with Gasteiger partial charge in [-0.15, -0.1) is 11.3 Å². The van der Waals surface area contributed by atoms with Crippen LogP contribution in [0.4, 0.5) is 14.5 Å². The third-order valence-corrected chi connectivity index (χ3v) is 8.34. The van der Waals surface area contributed by atoms with E-state index < -0.39 is 21.7 Å². The summed E-state index contributed by atoms with van der Waals surface area (Å²) in [5.41, 5.74) is 1.64. The fraction of sp³-hybridized carbons (Fsp3) is 0.120. The van der Waals surface area contributed by atoms with Crippen LogP contribution in [0.2, 0.25) is 0 Å². The molecule has 0 aliphatic carbocycles. The smallest absolute Gasteiger partial charge is 0.258 e. The Morgan fingerprint density at radius 2 is 1.89 bits per heavy atom. The van der Waals surface area contributed by atoms with Crippen LogP contribution in [0.5, 0.6) is 0 Å². The van der Waals surface area contributed by atoms with Crippen LogP contribution in [-0.4, -0.2) is 40.6 Å². The number of rotatable bonds is 7. The molecule has 1 aliphatic heterocycles. The van der Waals surface area contributed by atoms with Crippen LogP contribution >= 0.6 is 11.3 Å². The minimum atomic E-state index is -4.23. The predicted molar refractivity (Wildman–Crippen MR) is 135 cm³/mol. The number of aromatic nitrogens is 3. The summed E-state index contributed by atoms with van der Waals surface area (Å²) >= 11 is 1.35. The van der Waals surface area contributed by atoms with Crippen LogP contribution in [0.3, 0.4) is 0 Å². The molecule has 3 heterocycles. The molecule has 0 radical (unpaired) electrons. The zero-order valence-electron chi connectivity index (χ0n) is 19.4. The van der Waals surface area contributed by atoms with Gasteiger partial charge in [0.15, 0.2) is 0 Å². The highest BCUT2D eigenvalue weighted by molar-refractivity contribution is 7.89. The van der Waals surface area contributed by atoms with Gasteiger partial charge >= 0.3 is 0 Å². The largest absolute Gasteiger partial charge is 0.311 e. The number of sulfonamides is 1. The summed E-state index contributed by atoms with van der Waals surface area (Å²) in [4.78, 5) is 26.6. The van der Waals surface area contributed by atoms with Gasteiger partial charge in [-0.1, -0.05) is 6.07 Å². The number of carbonyl (C=O) groups excluding carboxylic acids is 1. The van der Waals surface area contributed by atoms with Crippen LogP contribution in [-0.2, 0) is 27.9 Å². The van der Waals surface area contributed by atoms with Crippen LogP contribution in [0, 0.1) is 11.6 Å². The maximum atomic E-state index is 14.5. The molecule has 2 aromatic carbocycles. The van der Waals surface area contributed by atoms with Crippen molar-refractivity contribution in [2.75, 3.05) is 11.9 Å². The average Bonchev–Trinajstić information content (AvgIpc) is 3.48. The summed E-state index contributed by atoms with van der Waals surface area (Å²) in [7, 11) is -2.62. The van der Waals surface area contributed by atoms with Gasteiger partial charge in [0, 0.05) is 61.0 Å². The van der Waals surface area contributed by atoms with Gasteiger partial charge in [-0.25, -0.2) is 22.2 Å². The summed E-state index contributed by atoms with van der Waals surface area (Å²) in [6, 6.07) is 7.36. The Hall–Kier alpha value is -3.87. The molecule has 4 aromatic rings. The molecule has 5 rings (SSSR count). The molecule has 37 heavy (non-hydrogen) atoms. The topological polar surface area (TPSA) is 96.4 Å². The molecule has 2 aromatic heterocycles. The average molecular weight is 540 g/mol. The number of nitrogens with zero attached hydrogens (tertiary/aromatic N) is 5. The summed E-state index contributed by atoms with van der Waals surface area (Å²) < 4.78 is 56.7. The zero-order valence-corrected chi connectivity index (χ0v) is 21.0. The molecular weight excluding hydrogens is 520 g/mol. The third kappa shape index (κ3) is 4.90. The Morgan fingerprint density at radius 1 is 1.05 bits per heavy atom. The quantitative estimate of drug-likeness (QED) is 0.328. The molecule has 188 valence electrons. The maximum Gasteiger partial charge on any atom is 0.258 e. The maximum absolute atomic E-state index is 14.5. The number of fused-ring (bicyclic) bond motifs is 1. The van der Waals surface area contributed by atoms with Crippen LogP contribution in [0.1, 0.15) is 21.8 Å². The molecule has 0 unspecified atom stereocenters. The molecule has 12 heteroatoms. The van der Waals surface area contributed by atoms with Gasteiger partial charge in [0.2, 0.25) is 10.0 Å². The fourth-order valence-corrected chi connectivity index (χ4v) is 5.95. The monoisotopic (exact) mass is 539 g/mol. The van der Waals surface area contributed by atoms with Crippen molar-refractivity contribution in [2.45, 2.75) is 18.0 Å². The number of thiazole rings is 1. The molecule has 0 atom stereocenters. The Labute approximate surface area is 215 Å². The molecule has 0 saturated heterocycles. The first-order valence-corrected chi connectivity index (χ1v) is 13.3. The second kappa shape index (κ2) is 9.88. The SMILES string of the molecule is CN1C(=O)/C(=C/c2nccs2)c2cc(S(=O)(=O)N(Cc3cnccn3)Cc3ccc(F)cc3F)ccc21. The Kier molecular flexibility index (Phi) is 6.63. The first-order chi connectivity index (χ1) is 17.7. The van der Waals surface area contributed by atoms with Gasteiger partial charge in [-0.2, -0.15) is 4.31 Å². The summed E-state index contributed by atoms with van der Waals surface area (Å²) in [5, 5.41) is 2.38. The summed E-state index contributed by atoms with van der Waals surface area (Å²) in [6.07, 6.45) is 7.52. The standard InChI is InChI=1S/C25H19F2N5O3S2/c1-31-23-5-4-19(11-20(23)21(25(31)33)12-24-30-8-9-36-24)37(34,35)32(15-18-13-28-6-7-29-18)14-16-2-3-17(26)10-22(16)27/h2-13H,14-15H2,1H3/b21-12+. The lowest BCUT2D eigenvalue weighted by Crippen LogP contribution is -2.31. The van der Waals surface area contributed by atoms with E-state index >= 15 is 0 Å². The number of halogens is 2. The van der Waals surface area contributed by atoms with E-state index in [2.05, 4.69) is 15.0 Å². The van der Waals surface area contributed by atoms with Crippen molar-refractivity contribution in [2.24, 2.45) is 0 Å². The van der Waals surface area contributed by atoms with Crippen molar-refractivity contribution < 1.29 is 22.0 Å². The van der Waals surface area contributed by atoms with Crippen molar-refractivity contribution in [3.63, 3.8) is 0 Å². The molecule has 8 nitrogen and oxygen atoms in total. The van der Waals surface area contributed by atoms with Crippen molar-refractivity contribution in [1.82, 2.24) is 19.3 Å². The number of hydrogen-bond donors (Lipinski definition) is 0. The Morgan fingerprint density at radius 3 is 2.59 bits per heavy atom. The zero-order chi connectivity index (χ0) is 26.2. The van der Waals surface area contributed by atoms with E-state index in [-0.39, 0.29) is 29.5 Å². The van der Waals surface area contributed by atoms with E-state index in [4.69, 9.17) is 0 Å². The normalized spacial score (nSPS) is 14.5. The predicted octanol–water partition coefficient (Wildman–Crippen LogP) is 4.12. The van der Waals surface area contributed by atoms with E-state index in [1.54, 1.807) is 30.8 Å². The molecule has 0 bridgehead atoms. The van der Waals surface area contributed by atoms with Gasteiger partial charge < -0.3 is 4.90 Å². The van der Waals surface area contributed by atoms with E-state index in [1.807, 2.05) is 0 Å². The van der Waals surface area contributed by atoms with Gasteiger partial charge in [0.1, 0.15) is 16.6 Å². The Balaban J connectivity index is 1.57. The van der Waals surface area contributed by atoms with Crippen LogP contribution in [0.15, 0.2) is 71.5 Å². The molecule has 1 aliphatic rings. The highest BCUT2D eigenvalue weighted by atomic mass is 32.2. The number of anilines is 1. The molecular formula is C25H19F2N5O3S2. The van der Waals surface area contributed by atoms with Crippen molar-refractivity contribution >= 4 is 44.6 Å². The van der Waals surface area contributed by atoms with Gasteiger partial charge in [-0.05, 0) is 30.3 Å². The molecule has 0 fully saturated rings. The van der Waals surface area contributed by atoms with Gasteiger partial charge in [0.05, 0.1) is 28.4 Å². The first kappa shape index (κ1) is 24.8. The molecule has 0 saturated carbocycles. The fourth-order valence-electron chi connectivity index (χ4n) is 3.96. The van der Waals surface area contributed by atoms with Crippen molar-refractivity contribution in [1.29, 1.82) is 0 Å². The number of amides is 1. The van der Waals surface area contributed by atoms with Gasteiger partial charge in [0.25, 0.3) is 5.91 Å². The third-order valence-electron chi connectivity index (χ3n) is 5.83.